The van der Waals surface area contributed by atoms with Gasteiger partial charge in [0.2, 0.25) is 0 Å². The van der Waals surface area contributed by atoms with Crippen LogP contribution >= 0.6 is 0 Å². The summed E-state index contributed by atoms with van der Waals surface area (Å²) in [5, 5.41) is 0. The van der Waals surface area contributed by atoms with E-state index >= 15 is 0 Å². The first kappa shape index (κ1) is 14.6. The van der Waals surface area contributed by atoms with Crippen LogP contribution in [-0.2, 0) is 9.59 Å². The number of carbonyl (C=O) groups is 2. The average molecular weight is 306 g/mol. The number of benzene rings is 1. The van der Waals surface area contributed by atoms with Crippen LogP contribution in [0, 0.1) is 11.8 Å². The zero-order valence-electron chi connectivity index (χ0n) is 13.4. The summed E-state index contributed by atoms with van der Waals surface area (Å²) in [6, 6.07) is 8.23. The molecular weight excluding hydrogens is 284 g/mol. The van der Waals surface area contributed by atoms with Crippen LogP contribution in [0.1, 0.15) is 56.1 Å². The van der Waals surface area contributed by atoms with E-state index in [9.17, 15) is 9.59 Å². The molecule has 2 nitrogen and oxygen atoms in total. The molecule has 0 spiro atoms. The fraction of sp³-hybridized carbons (Fsp3) is 0.429. The van der Waals surface area contributed by atoms with E-state index in [1.54, 1.807) is 0 Å². The Labute approximate surface area is 137 Å². The van der Waals surface area contributed by atoms with Gasteiger partial charge in [0.25, 0.3) is 0 Å². The molecule has 0 saturated heterocycles. The summed E-state index contributed by atoms with van der Waals surface area (Å²) in [5.74, 6) is 1.47. The van der Waals surface area contributed by atoms with Crippen LogP contribution in [0.15, 0.2) is 35.4 Å². The second-order valence-corrected chi connectivity index (χ2v) is 7.14. The predicted octanol–water partition coefficient (Wildman–Crippen LogP) is 4.60. The van der Waals surface area contributed by atoms with Crippen molar-refractivity contribution in [3.63, 3.8) is 0 Å². The Morgan fingerprint density at radius 1 is 0.826 bits per heavy atom. The topological polar surface area (TPSA) is 34.1 Å². The predicted molar refractivity (Wildman–Crippen MR) is 91.7 cm³/mol. The highest BCUT2D eigenvalue weighted by Gasteiger charge is 2.42. The summed E-state index contributed by atoms with van der Waals surface area (Å²) in [5.41, 5.74) is 4.18. The second-order valence-electron chi connectivity index (χ2n) is 7.14. The molecule has 0 aromatic heterocycles. The van der Waals surface area contributed by atoms with E-state index in [1.807, 2.05) is 6.08 Å². The fourth-order valence-electron chi connectivity index (χ4n) is 4.25. The SMILES string of the molecule is O=C1CCCC/C1=C\c1ccc(/C=C2/C(=O)C3CCC2C3)cc1. The molecule has 4 rings (SSSR count). The molecule has 118 valence electrons. The van der Waals surface area contributed by atoms with E-state index < -0.39 is 0 Å². The van der Waals surface area contributed by atoms with Crippen molar-refractivity contribution in [3.8, 4) is 0 Å². The lowest BCUT2D eigenvalue weighted by atomic mass is 9.91. The normalized spacial score (nSPS) is 30.6. The van der Waals surface area contributed by atoms with Gasteiger partial charge in [-0.1, -0.05) is 24.3 Å². The molecule has 3 saturated carbocycles. The Morgan fingerprint density at radius 2 is 1.48 bits per heavy atom. The van der Waals surface area contributed by atoms with Gasteiger partial charge in [0.05, 0.1) is 0 Å². The number of rotatable bonds is 2. The molecule has 1 aromatic rings. The fourth-order valence-corrected chi connectivity index (χ4v) is 4.25. The second kappa shape index (κ2) is 5.92. The van der Waals surface area contributed by atoms with Gasteiger partial charge in [-0.3, -0.25) is 9.59 Å². The van der Waals surface area contributed by atoms with E-state index in [1.165, 1.54) is 6.42 Å². The van der Waals surface area contributed by atoms with E-state index in [2.05, 4.69) is 30.3 Å². The van der Waals surface area contributed by atoms with Gasteiger partial charge in [-0.2, -0.15) is 0 Å². The molecule has 0 heterocycles. The summed E-state index contributed by atoms with van der Waals surface area (Å²) in [6.07, 6.45) is 11.2. The maximum atomic E-state index is 12.2. The minimum absolute atomic E-state index is 0.299. The van der Waals surface area contributed by atoms with Crippen molar-refractivity contribution < 1.29 is 9.59 Å². The monoisotopic (exact) mass is 306 g/mol. The number of carbonyl (C=O) groups excluding carboxylic acids is 2. The summed E-state index contributed by atoms with van der Waals surface area (Å²) in [7, 11) is 0. The minimum atomic E-state index is 0.299. The summed E-state index contributed by atoms with van der Waals surface area (Å²) in [6.45, 7) is 0. The zero-order chi connectivity index (χ0) is 15.8. The Bertz CT molecular complexity index is 706. The molecule has 3 fully saturated rings. The third-order valence-corrected chi connectivity index (χ3v) is 5.59. The van der Waals surface area contributed by atoms with Crippen LogP contribution in [-0.4, -0.2) is 11.6 Å². The van der Waals surface area contributed by atoms with Crippen LogP contribution in [0.2, 0.25) is 0 Å². The molecule has 2 heteroatoms. The Morgan fingerprint density at radius 3 is 2.13 bits per heavy atom. The van der Waals surface area contributed by atoms with Crippen LogP contribution < -0.4 is 0 Å². The molecule has 3 aliphatic carbocycles. The number of hydrogen-bond donors (Lipinski definition) is 0. The highest BCUT2D eigenvalue weighted by molar-refractivity contribution is 6.04. The van der Waals surface area contributed by atoms with Gasteiger partial charge in [-0.25, -0.2) is 0 Å². The lowest BCUT2D eigenvalue weighted by molar-refractivity contribution is -0.118. The lowest BCUT2D eigenvalue weighted by Gasteiger charge is -2.13. The van der Waals surface area contributed by atoms with Crippen LogP contribution in [0.5, 0.6) is 0 Å². The average Bonchev–Trinajstić information content (AvgIpc) is 3.15. The molecule has 23 heavy (non-hydrogen) atoms. The summed E-state index contributed by atoms with van der Waals surface area (Å²) < 4.78 is 0. The molecular formula is C21H22O2. The molecule has 0 N–H and O–H groups in total. The Hall–Kier alpha value is -1.96. The molecule has 2 atom stereocenters. The van der Waals surface area contributed by atoms with Crippen molar-refractivity contribution in [3.05, 3.63) is 46.5 Å². The first-order valence-electron chi connectivity index (χ1n) is 8.80. The van der Waals surface area contributed by atoms with Gasteiger partial charge in [0, 0.05) is 12.3 Å². The Balaban J connectivity index is 1.53. The number of ketones is 2. The smallest absolute Gasteiger partial charge is 0.162 e. The third kappa shape index (κ3) is 2.83. The quantitative estimate of drug-likeness (QED) is 0.749. The van der Waals surface area contributed by atoms with Gasteiger partial charge in [0.1, 0.15) is 0 Å². The first-order chi connectivity index (χ1) is 11.2. The number of fused-ring (bicyclic) bond motifs is 2. The highest BCUT2D eigenvalue weighted by Crippen LogP contribution is 2.46. The van der Waals surface area contributed by atoms with Crippen molar-refractivity contribution in [2.24, 2.45) is 11.8 Å². The van der Waals surface area contributed by atoms with E-state index in [-0.39, 0.29) is 0 Å². The van der Waals surface area contributed by atoms with Gasteiger partial charge in [-0.15, -0.1) is 0 Å². The molecule has 1 aromatic carbocycles. The zero-order valence-corrected chi connectivity index (χ0v) is 13.4. The Kier molecular flexibility index (Phi) is 3.76. The van der Waals surface area contributed by atoms with Crippen molar-refractivity contribution in [1.82, 2.24) is 0 Å². The van der Waals surface area contributed by atoms with Gasteiger partial charge >= 0.3 is 0 Å². The molecule has 3 aliphatic rings. The summed E-state index contributed by atoms with van der Waals surface area (Å²) >= 11 is 0. The molecule has 0 radical (unpaired) electrons. The number of allylic oxidation sites excluding steroid dienone is 2. The molecule has 2 bridgehead atoms. The maximum Gasteiger partial charge on any atom is 0.162 e. The number of hydrogen-bond acceptors (Lipinski definition) is 2. The minimum Gasteiger partial charge on any atom is -0.295 e. The van der Waals surface area contributed by atoms with Crippen molar-refractivity contribution in [1.29, 1.82) is 0 Å². The first-order valence-corrected chi connectivity index (χ1v) is 8.80. The third-order valence-electron chi connectivity index (χ3n) is 5.59. The summed E-state index contributed by atoms with van der Waals surface area (Å²) in [4.78, 5) is 24.1. The van der Waals surface area contributed by atoms with Gasteiger partial charge in [0.15, 0.2) is 11.6 Å². The van der Waals surface area contributed by atoms with Crippen molar-refractivity contribution >= 4 is 23.7 Å². The van der Waals surface area contributed by atoms with Crippen LogP contribution in [0.3, 0.4) is 0 Å². The van der Waals surface area contributed by atoms with Crippen LogP contribution in [0.4, 0.5) is 0 Å². The van der Waals surface area contributed by atoms with Crippen molar-refractivity contribution in [2.45, 2.75) is 44.9 Å². The van der Waals surface area contributed by atoms with E-state index in [0.717, 1.165) is 54.4 Å². The molecule has 0 aliphatic heterocycles. The van der Waals surface area contributed by atoms with Crippen LogP contribution in [0.25, 0.3) is 12.2 Å². The van der Waals surface area contributed by atoms with Gasteiger partial charge in [-0.05, 0) is 78.9 Å². The lowest BCUT2D eigenvalue weighted by Crippen LogP contribution is -2.11. The molecule has 0 amide bonds. The van der Waals surface area contributed by atoms with Crippen molar-refractivity contribution in [2.75, 3.05) is 0 Å². The van der Waals surface area contributed by atoms with E-state index in [0.29, 0.717) is 29.8 Å². The van der Waals surface area contributed by atoms with E-state index in [4.69, 9.17) is 0 Å². The molecule has 2 unspecified atom stereocenters. The standard InChI is InChI=1S/C21H22O2/c22-20-4-2-1-3-17(20)11-14-5-7-15(8-6-14)12-19-16-9-10-18(13-16)21(19)23/h5-8,11-12,16,18H,1-4,9-10,13H2/b17-11+,19-12+. The largest absolute Gasteiger partial charge is 0.295 e. The highest BCUT2D eigenvalue weighted by atomic mass is 16.1. The maximum absolute atomic E-state index is 12.2. The van der Waals surface area contributed by atoms with Gasteiger partial charge < -0.3 is 0 Å². The number of Topliss-reactive ketones (excluding diaryl/α,β-unsaturated/α-hetero) is 2.